The lowest BCUT2D eigenvalue weighted by atomic mass is 10.2. The van der Waals surface area contributed by atoms with Crippen molar-refractivity contribution in [3.63, 3.8) is 0 Å². The van der Waals surface area contributed by atoms with Crippen molar-refractivity contribution in [1.29, 1.82) is 0 Å². The van der Waals surface area contributed by atoms with Crippen LogP contribution in [0.15, 0.2) is 16.6 Å². The zero-order chi connectivity index (χ0) is 15.1. The van der Waals surface area contributed by atoms with Crippen molar-refractivity contribution in [2.75, 3.05) is 34.4 Å². The summed E-state index contributed by atoms with van der Waals surface area (Å²) in [6, 6.07) is 3.84. The van der Waals surface area contributed by atoms with Gasteiger partial charge in [0.15, 0.2) is 18.1 Å². The van der Waals surface area contributed by atoms with Gasteiger partial charge >= 0.3 is 0 Å². The van der Waals surface area contributed by atoms with E-state index in [1.54, 1.807) is 19.1 Å². The Hall–Kier alpha value is -1.27. The molecule has 0 radical (unpaired) electrons. The molecule has 0 saturated carbocycles. The van der Waals surface area contributed by atoms with Crippen LogP contribution in [-0.2, 0) is 11.3 Å². The van der Waals surface area contributed by atoms with Crippen LogP contribution in [0.3, 0.4) is 0 Å². The van der Waals surface area contributed by atoms with Gasteiger partial charge in [0.25, 0.3) is 5.91 Å². The highest BCUT2D eigenvalue weighted by atomic mass is 79.9. The van der Waals surface area contributed by atoms with Crippen LogP contribution in [0.1, 0.15) is 12.5 Å². The second-order valence-corrected chi connectivity index (χ2v) is 5.19. The van der Waals surface area contributed by atoms with Crippen LogP contribution >= 0.6 is 15.9 Å². The number of methoxy groups -OCH3 is 1. The van der Waals surface area contributed by atoms with Crippen molar-refractivity contribution in [1.82, 2.24) is 10.2 Å². The number of carbonyl (C=O) groups excluding carboxylic acids is 1. The van der Waals surface area contributed by atoms with Crippen LogP contribution in [-0.4, -0.2) is 45.2 Å². The van der Waals surface area contributed by atoms with Gasteiger partial charge in [-0.05, 0) is 47.6 Å². The summed E-state index contributed by atoms with van der Waals surface area (Å²) in [5.41, 5.74) is 1.07. The van der Waals surface area contributed by atoms with Gasteiger partial charge in [0, 0.05) is 20.1 Å². The van der Waals surface area contributed by atoms with Crippen molar-refractivity contribution in [2.24, 2.45) is 0 Å². The third-order valence-electron chi connectivity index (χ3n) is 2.91. The Morgan fingerprint density at radius 2 is 2.15 bits per heavy atom. The first-order valence-electron chi connectivity index (χ1n) is 6.41. The number of ether oxygens (including phenoxy) is 2. The number of likely N-dealkylation sites (N-methyl/N-ethyl adjacent to an activating group) is 1. The monoisotopic (exact) mass is 344 g/mol. The fourth-order valence-corrected chi connectivity index (χ4v) is 2.24. The van der Waals surface area contributed by atoms with E-state index >= 15 is 0 Å². The normalized spacial score (nSPS) is 10.2. The molecule has 0 fully saturated rings. The number of benzene rings is 1. The summed E-state index contributed by atoms with van der Waals surface area (Å²) in [4.78, 5) is 13.4. The molecule has 1 rings (SSSR count). The number of hydrogen-bond acceptors (Lipinski definition) is 4. The minimum Gasteiger partial charge on any atom is -0.493 e. The molecule has 112 valence electrons. The highest BCUT2D eigenvalue weighted by molar-refractivity contribution is 9.10. The lowest BCUT2D eigenvalue weighted by Gasteiger charge is -2.17. The molecule has 1 aromatic carbocycles. The van der Waals surface area contributed by atoms with E-state index in [0.29, 0.717) is 18.0 Å². The van der Waals surface area contributed by atoms with Gasteiger partial charge in [-0.3, -0.25) is 4.79 Å². The average Bonchev–Trinajstić information content (AvgIpc) is 2.44. The molecule has 0 unspecified atom stereocenters. The molecule has 0 atom stereocenters. The first kappa shape index (κ1) is 16.8. The van der Waals surface area contributed by atoms with E-state index in [-0.39, 0.29) is 12.5 Å². The van der Waals surface area contributed by atoms with E-state index in [4.69, 9.17) is 9.47 Å². The smallest absolute Gasteiger partial charge is 0.260 e. The number of carbonyl (C=O) groups is 1. The Labute approximate surface area is 128 Å². The molecular formula is C14H21BrN2O3. The lowest BCUT2D eigenvalue weighted by Crippen LogP contribution is -2.31. The molecule has 0 saturated heterocycles. The maximum atomic E-state index is 11.8. The van der Waals surface area contributed by atoms with E-state index in [2.05, 4.69) is 21.2 Å². The van der Waals surface area contributed by atoms with Crippen molar-refractivity contribution in [3.8, 4) is 11.5 Å². The highest BCUT2D eigenvalue weighted by Gasteiger charge is 2.14. The maximum absolute atomic E-state index is 11.8. The molecule has 0 aliphatic rings. The van der Waals surface area contributed by atoms with Crippen LogP contribution in [0.5, 0.6) is 11.5 Å². The molecule has 1 amide bonds. The number of amides is 1. The molecule has 0 heterocycles. The van der Waals surface area contributed by atoms with E-state index < -0.39 is 0 Å². The van der Waals surface area contributed by atoms with E-state index in [9.17, 15) is 4.79 Å². The second-order valence-electron chi connectivity index (χ2n) is 4.34. The molecule has 5 nitrogen and oxygen atoms in total. The van der Waals surface area contributed by atoms with Gasteiger partial charge in [-0.25, -0.2) is 0 Å². The first-order valence-corrected chi connectivity index (χ1v) is 7.20. The Kier molecular flexibility index (Phi) is 6.81. The summed E-state index contributed by atoms with van der Waals surface area (Å²) < 4.78 is 11.7. The van der Waals surface area contributed by atoms with Crippen LogP contribution in [0, 0.1) is 0 Å². The fourth-order valence-electron chi connectivity index (χ4n) is 1.64. The summed E-state index contributed by atoms with van der Waals surface area (Å²) >= 11 is 3.46. The van der Waals surface area contributed by atoms with Crippen molar-refractivity contribution < 1.29 is 14.3 Å². The Bertz CT molecular complexity index is 466. The van der Waals surface area contributed by atoms with Gasteiger partial charge in [-0.2, -0.15) is 0 Å². The summed E-state index contributed by atoms with van der Waals surface area (Å²) in [6.45, 7) is 3.29. The van der Waals surface area contributed by atoms with Gasteiger partial charge in [-0.15, -0.1) is 0 Å². The average molecular weight is 345 g/mol. The molecular weight excluding hydrogens is 324 g/mol. The predicted octanol–water partition coefficient (Wildman–Crippen LogP) is 2.03. The van der Waals surface area contributed by atoms with E-state index in [0.717, 1.165) is 16.6 Å². The molecule has 0 aromatic heterocycles. The van der Waals surface area contributed by atoms with Crippen molar-refractivity contribution in [3.05, 3.63) is 22.2 Å². The number of rotatable bonds is 7. The van der Waals surface area contributed by atoms with Gasteiger partial charge in [0.1, 0.15) is 0 Å². The van der Waals surface area contributed by atoms with Gasteiger partial charge in [-0.1, -0.05) is 0 Å². The third-order valence-corrected chi connectivity index (χ3v) is 3.50. The van der Waals surface area contributed by atoms with Gasteiger partial charge < -0.3 is 19.7 Å². The summed E-state index contributed by atoms with van der Waals surface area (Å²) in [7, 11) is 5.20. The van der Waals surface area contributed by atoms with Crippen LogP contribution < -0.4 is 14.8 Å². The molecule has 0 spiro atoms. The van der Waals surface area contributed by atoms with Gasteiger partial charge in [0.2, 0.25) is 0 Å². The molecule has 0 aliphatic carbocycles. The summed E-state index contributed by atoms with van der Waals surface area (Å²) in [5, 5.41) is 3.08. The van der Waals surface area contributed by atoms with Crippen LogP contribution in [0.2, 0.25) is 0 Å². The van der Waals surface area contributed by atoms with Crippen LogP contribution in [0.4, 0.5) is 0 Å². The molecule has 0 aliphatic heterocycles. The SMILES string of the molecule is CCN(C)C(=O)COc1c(Br)cc(CNC)cc1OC. The number of hydrogen-bond donors (Lipinski definition) is 1. The highest BCUT2D eigenvalue weighted by Crippen LogP contribution is 2.36. The van der Waals surface area contributed by atoms with Crippen molar-refractivity contribution >= 4 is 21.8 Å². The molecule has 1 aromatic rings. The maximum Gasteiger partial charge on any atom is 0.260 e. The first-order chi connectivity index (χ1) is 9.53. The topological polar surface area (TPSA) is 50.8 Å². The number of nitrogens with zero attached hydrogens (tertiary/aromatic N) is 1. The Morgan fingerprint density at radius 3 is 2.70 bits per heavy atom. The standard InChI is InChI=1S/C14H21BrN2O3/c1-5-17(3)13(18)9-20-14-11(15)6-10(8-16-2)7-12(14)19-4/h6-7,16H,5,8-9H2,1-4H3. The number of nitrogens with one attached hydrogen (secondary N) is 1. The largest absolute Gasteiger partial charge is 0.493 e. The summed E-state index contributed by atoms with van der Waals surface area (Å²) in [6.07, 6.45) is 0. The van der Waals surface area contributed by atoms with E-state index in [1.165, 1.54) is 0 Å². The predicted molar refractivity (Wildman–Crippen MR) is 82.3 cm³/mol. The molecule has 1 N–H and O–H groups in total. The Morgan fingerprint density at radius 1 is 1.45 bits per heavy atom. The zero-order valence-corrected chi connectivity index (χ0v) is 13.9. The molecule has 20 heavy (non-hydrogen) atoms. The van der Waals surface area contributed by atoms with Crippen LogP contribution in [0.25, 0.3) is 0 Å². The van der Waals surface area contributed by atoms with Crippen molar-refractivity contribution in [2.45, 2.75) is 13.5 Å². The number of halogens is 1. The summed E-state index contributed by atoms with van der Waals surface area (Å²) in [5.74, 6) is 1.09. The Balaban J connectivity index is 2.86. The van der Waals surface area contributed by atoms with Gasteiger partial charge in [0.05, 0.1) is 11.6 Å². The molecule has 0 bridgehead atoms. The minimum absolute atomic E-state index is 0.00925. The fraction of sp³-hybridized carbons (Fsp3) is 0.500. The second kappa shape index (κ2) is 8.11. The minimum atomic E-state index is -0.0687. The molecule has 6 heteroatoms. The zero-order valence-electron chi connectivity index (χ0n) is 12.3. The van der Waals surface area contributed by atoms with E-state index in [1.807, 2.05) is 26.1 Å². The quantitative estimate of drug-likeness (QED) is 0.822. The lowest BCUT2D eigenvalue weighted by molar-refractivity contribution is -0.131. The third kappa shape index (κ3) is 4.38.